The number of hydrogen-bond donors (Lipinski definition) is 0. The van der Waals surface area contributed by atoms with Gasteiger partial charge in [0, 0.05) is 13.0 Å². The van der Waals surface area contributed by atoms with Crippen LogP contribution in [0.4, 0.5) is 0 Å². The fourth-order valence-electron chi connectivity index (χ4n) is 1.91. The number of carbonyl (C=O) groups excluding carboxylic acids is 2. The van der Waals surface area contributed by atoms with E-state index in [1.165, 1.54) is 0 Å². The van der Waals surface area contributed by atoms with Crippen molar-refractivity contribution >= 4 is 11.7 Å². The number of hydrogen-bond acceptors (Lipinski definition) is 3. The van der Waals surface area contributed by atoms with Gasteiger partial charge < -0.3 is 9.64 Å². The fourth-order valence-corrected chi connectivity index (χ4v) is 1.91. The number of nitrogens with zero attached hydrogens (tertiary/aromatic N) is 1. The minimum absolute atomic E-state index is 0.00380. The molecule has 1 aromatic carbocycles. The van der Waals surface area contributed by atoms with Crippen LogP contribution in [0.1, 0.15) is 12.0 Å². The van der Waals surface area contributed by atoms with Crippen molar-refractivity contribution in [3.8, 4) is 5.75 Å². The minimum atomic E-state index is 0.00380. The molecule has 0 unspecified atom stereocenters. The number of methoxy groups -OCH3 is 1. The van der Waals surface area contributed by atoms with Crippen molar-refractivity contribution in [1.29, 1.82) is 0 Å². The highest BCUT2D eigenvalue weighted by Gasteiger charge is 2.23. The van der Waals surface area contributed by atoms with E-state index < -0.39 is 0 Å². The molecule has 1 fully saturated rings. The maximum Gasteiger partial charge on any atom is 0.227 e. The number of ketones is 1. The van der Waals surface area contributed by atoms with Crippen molar-refractivity contribution in [2.75, 3.05) is 20.2 Å². The summed E-state index contributed by atoms with van der Waals surface area (Å²) in [5, 5.41) is 0. The van der Waals surface area contributed by atoms with Gasteiger partial charge in [-0.2, -0.15) is 0 Å². The van der Waals surface area contributed by atoms with E-state index >= 15 is 0 Å². The van der Waals surface area contributed by atoms with Gasteiger partial charge in [0.1, 0.15) is 5.75 Å². The molecule has 1 heterocycles. The van der Waals surface area contributed by atoms with E-state index in [1.807, 2.05) is 24.3 Å². The number of Topliss-reactive ketones (excluding diaryl/α,β-unsaturated/α-hetero) is 1. The molecular weight excluding hydrogens is 218 g/mol. The summed E-state index contributed by atoms with van der Waals surface area (Å²) < 4.78 is 5.10. The summed E-state index contributed by atoms with van der Waals surface area (Å²) in [6, 6.07) is 7.43. The molecule has 0 spiro atoms. The summed E-state index contributed by atoms with van der Waals surface area (Å²) in [5.41, 5.74) is 0.911. The third-order valence-electron chi connectivity index (χ3n) is 2.87. The highest BCUT2D eigenvalue weighted by Crippen LogP contribution is 2.14. The van der Waals surface area contributed by atoms with Gasteiger partial charge in [-0.15, -0.1) is 0 Å². The molecule has 1 aromatic rings. The zero-order valence-electron chi connectivity index (χ0n) is 9.81. The van der Waals surface area contributed by atoms with E-state index in [1.54, 1.807) is 12.0 Å². The van der Waals surface area contributed by atoms with Gasteiger partial charge in [-0.25, -0.2) is 0 Å². The first-order valence-electron chi connectivity index (χ1n) is 5.61. The first-order chi connectivity index (χ1) is 8.19. The van der Waals surface area contributed by atoms with Crippen molar-refractivity contribution < 1.29 is 14.3 Å². The lowest BCUT2D eigenvalue weighted by Crippen LogP contribution is -2.30. The zero-order valence-corrected chi connectivity index (χ0v) is 9.81. The second-order valence-corrected chi connectivity index (χ2v) is 4.13. The van der Waals surface area contributed by atoms with E-state index in [2.05, 4.69) is 0 Å². The number of carbonyl (C=O) groups is 2. The molecule has 17 heavy (non-hydrogen) atoms. The standard InChI is InChI=1S/C13H15NO3/c1-17-12-4-2-3-10(7-12)8-13(16)14-6-5-11(15)9-14/h2-4,7H,5-6,8-9H2,1H3. The van der Waals surface area contributed by atoms with Crippen LogP contribution < -0.4 is 4.74 Å². The lowest BCUT2D eigenvalue weighted by Gasteiger charge is -2.14. The van der Waals surface area contributed by atoms with Crippen molar-refractivity contribution in [2.24, 2.45) is 0 Å². The van der Waals surface area contributed by atoms with Crippen LogP contribution in [0.15, 0.2) is 24.3 Å². The third kappa shape index (κ3) is 2.84. The number of ether oxygens (including phenoxy) is 1. The predicted molar refractivity (Wildman–Crippen MR) is 62.9 cm³/mol. The Kier molecular flexibility index (Phi) is 3.42. The molecule has 4 heteroatoms. The Labute approximate surface area is 100 Å². The zero-order chi connectivity index (χ0) is 12.3. The quantitative estimate of drug-likeness (QED) is 0.783. The lowest BCUT2D eigenvalue weighted by molar-refractivity contribution is -0.131. The Balaban J connectivity index is 2.00. The van der Waals surface area contributed by atoms with Crippen LogP contribution in [0.25, 0.3) is 0 Å². The molecule has 0 saturated carbocycles. The first-order valence-corrected chi connectivity index (χ1v) is 5.61. The minimum Gasteiger partial charge on any atom is -0.497 e. The molecule has 1 aliphatic rings. The molecule has 0 atom stereocenters. The highest BCUT2D eigenvalue weighted by molar-refractivity contribution is 5.90. The predicted octanol–water partition coefficient (Wildman–Crippen LogP) is 1.04. The van der Waals surface area contributed by atoms with Crippen molar-refractivity contribution in [3.05, 3.63) is 29.8 Å². The van der Waals surface area contributed by atoms with Gasteiger partial charge in [0.25, 0.3) is 0 Å². The Hall–Kier alpha value is -1.84. The van der Waals surface area contributed by atoms with E-state index in [0.29, 0.717) is 19.4 Å². The Morgan fingerprint density at radius 3 is 2.94 bits per heavy atom. The molecule has 0 aromatic heterocycles. The van der Waals surface area contributed by atoms with Crippen LogP contribution in [-0.4, -0.2) is 36.8 Å². The second-order valence-electron chi connectivity index (χ2n) is 4.13. The summed E-state index contributed by atoms with van der Waals surface area (Å²) in [6.07, 6.45) is 0.814. The summed E-state index contributed by atoms with van der Waals surface area (Å²) >= 11 is 0. The van der Waals surface area contributed by atoms with E-state index in [0.717, 1.165) is 11.3 Å². The van der Waals surface area contributed by atoms with Crippen LogP contribution in [0.3, 0.4) is 0 Å². The van der Waals surface area contributed by atoms with Crippen molar-refractivity contribution in [3.63, 3.8) is 0 Å². The molecule has 0 radical (unpaired) electrons. The Morgan fingerprint density at radius 1 is 1.47 bits per heavy atom. The van der Waals surface area contributed by atoms with Gasteiger partial charge in [0.05, 0.1) is 20.1 Å². The second kappa shape index (κ2) is 4.99. The summed E-state index contributed by atoms with van der Waals surface area (Å²) in [6.45, 7) is 0.824. The van der Waals surface area contributed by atoms with Crippen LogP contribution >= 0.6 is 0 Å². The van der Waals surface area contributed by atoms with Crippen LogP contribution in [0.2, 0.25) is 0 Å². The smallest absolute Gasteiger partial charge is 0.227 e. The fraction of sp³-hybridized carbons (Fsp3) is 0.385. The molecule has 0 aliphatic carbocycles. The molecule has 1 saturated heterocycles. The van der Waals surface area contributed by atoms with E-state index in [-0.39, 0.29) is 18.2 Å². The van der Waals surface area contributed by atoms with Gasteiger partial charge in [0.2, 0.25) is 5.91 Å². The monoisotopic (exact) mass is 233 g/mol. The molecular formula is C13H15NO3. The number of likely N-dealkylation sites (tertiary alicyclic amines) is 1. The van der Waals surface area contributed by atoms with Gasteiger partial charge in [0.15, 0.2) is 5.78 Å². The first kappa shape index (κ1) is 11.6. The molecule has 1 aliphatic heterocycles. The van der Waals surface area contributed by atoms with Crippen molar-refractivity contribution in [2.45, 2.75) is 12.8 Å². The number of benzene rings is 1. The molecule has 4 nitrogen and oxygen atoms in total. The highest BCUT2D eigenvalue weighted by atomic mass is 16.5. The van der Waals surface area contributed by atoms with Crippen LogP contribution in [0, 0.1) is 0 Å². The van der Waals surface area contributed by atoms with Gasteiger partial charge >= 0.3 is 0 Å². The van der Waals surface area contributed by atoms with E-state index in [9.17, 15) is 9.59 Å². The van der Waals surface area contributed by atoms with E-state index in [4.69, 9.17) is 4.74 Å². The Morgan fingerprint density at radius 2 is 2.29 bits per heavy atom. The van der Waals surface area contributed by atoms with Gasteiger partial charge in [-0.3, -0.25) is 9.59 Å². The molecule has 0 N–H and O–H groups in total. The molecule has 0 bridgehead atoms. The number of amides is 1. The Bertz CT molecular complexity index is 442. The lowest BCUT2D eigenvalue weighted by atomic mass is 10.1. The summed E-state index contributed by atoms with van der Waals surface area (Å²) in [4.78, 5) is 24.6. The maximum absolute atomic E-state index is 11.9. The summed E-state index contributed by atoms with van der Waals surface area (Å²) in [5.74, 6) is 0.890. The van der Waals surface area contributed by atoms with Crippen molar-refractivity contribution in [1.82, 2.24) is 4.90 Å². The van der Waals surface area contributed by atoms with Crippen LogP contribution in [-0.2, 0) is 16.0 Å². The molecule has 2 rings (SSSR count). The average molecular weight is 233 g/mol. The average Bonchev–Trinajstić information content (AvgIpc) is 2.76. The SMILES string of the molecule is COc1cccc(CC(=O)N2CCC(=O)C2)c1. The van der Waals surface area contributed by atoms with Crippen LogP contribution in [0.5, 0.6) is 5.75 Å². The maximum atomic E-state index is 11.9. The largest absolute Gasteiger partial charge is 0.497 e. The molecule has 90 valence electrons. The summed E-state index contributed by atoms with van der Waals surface area (Å²) in [7, 11) is 1.60. The number of rotatable bonds is 3. The molecule has 1 amide bonds. The topological polar surface area (TPSA) is 46.6 Å². The van der Waals surface area contributed by atoms with Gasteiger partial charge in [-0.1, -0.05) is 12.1 Å². The third-order valence-corrected chi connectivity index (χ3v) is 2.87. The van der Waals surface area contributed by atoms with Gasteiger partial charge in [-0.05, 0) is 17.7 Å². The normalized spacial score (nSPS) is 15.1.